The SMILES string of the molecule is COCCCC(=O)Nc1cc(S(=O)(=O)N2CCOCC2)ccc1NCC1CCCO1. The zero-order valence-corrected chi connectivity index (χ0v) is 18.2. The van der Waals surface area contributed by atoms with E-state index in [4.69, 9.17) is 14.2 Å². The molecule has 0 radical (unpaired) electrons. The molecule has 0 aromatic heterocycles. The number of hydrogen-bond acceptors (Lipinski definition) is 7. The average Bonchev–Trinajstić information content (AvgIpc) is 3.27. The maximum atomic E-state index is 13.0. The molecule has 1 unspecified atom stereocenters. The van der Waals surface area contributed by atoms with Gasteiger partial charge in [-0.05, 0) is 37.5 Å². The van der Waals surface area contributed by atoms with Crippen LogP contribution in [-0.2, 0) is 29.0 Å². The van der Waals surface area contributed by atoms with Crippen LogP contribution in [-0.4, -0.2) is 77.9 Å². The number of ether oxygens (including phenoxy) is 3. The Labute approximate surface area is 178 Å². The number of nitrogens with zero attached hydrogens (tertiary/aromatic N) is 1. The molecule has 2 aliphatic heterocycles. The van der Waals surface area contributed by atoms with Crippen LogP contribution >= 0.6 is 0 Å². The van der Waals surface area contributed by atoms with Crippen molar-refractivity contribution in [1.82, 2.24) is 4.31 Å². The number of anilines is 2. The minimum absolute atomic E-state index is 0.118. The second-order valence-electron chi connectivity index (χ2n) is 7.38. The van der Waals surface area contributed by atoms with E-state index in [2.05, 4.69) is 10.6 Å². The molecule has 0 spiro atoms. The number of morpholine rings is 1. The molecule has 10 heteroatoms. The molecule has 3 rings (SSSR count). The number of nitrogens with one attached hydrogen (secondary N) is 2. The molecule has 1 aromatic rings. The second kappa shape index (κ2) is 11.1. The fourth-order valence-corrected chi connectivity index (χ4v) is 4.93. The minimum Gasteiger partial charge on any atom is -0.385 e. The predicted molar refractivity (Wildman–Crippen MR) is 113 cm³/mol. The van der Waals surface area contributed by atoms with Crippen LogP contribution < -0.4 is 10.6 Å². The van der Waals surface area contributed by atoms with Crippen molar-refractivity contribution in [3.63, 3.8) is 0 Å². The molecular weight excluding hydrogens is 410 g/mol. The van der Waals surface area contributed by atoms with Gasteiger partial charge in [-0.3, -0.25) is 4.79 Å². The molecule has 9 nitrogen and oxygen atoms in total. The molecule has 2 heterocycles. The smallest absolute Gasteiger partial charge is 0.243 e. The Morgan fingerprint density at radius 1 is 1.23 bits per heavy atom. The normalized spacial score (nSPS) is 20.2. The van der Waals surface area contributed by atoms with Gasteiger partial charge in [0.25, 0.3) is 0 Å². The van der Waals surface area contributed by atoms with Crippen LogP contribution in [0.2, 0.25) is 0 Å². The number of benzene rings is 1. The summed E-state index contributed by atoms with van der Waals surface area (Å²) < 4.78 is 43.3. The third-order valence-electron chi connectivity index (χ3n) is 5.17. The van der Waals surface area contributed by atoms with Crippen molar-refractivity contribution in [3.05, 3.63) is 18.2 Å². The molecule has 2 aliphatic rings. The maximum Gasteiger partial charge on any atom is 0.243 e. The summed E-state index contributed by atoms with van der Waals surface area (Å²) in [7, 11) is -2.07. The fraction of sp³-hybridized carbons (Fsp3) is 0.650. The van der Waals surface area contributed by atoms with Gasteiger partial charge in [0.1, 0.15) is 0 Å². The number of carbonyl (C=O) groups excluding carboxylic acids is 1. The van der Waals surface area contributed by atoms with E-state index in [1.807, 2.05) is 0 Å². The molecule has 2 fully saturated rings. The summed E-state index contributed by atoms with van der Waals surface area (Å²) in [6.07, 6.45) is 3.01. The van der Waals surface area contributed by atoms with Gasteiger partial charge in [0.15, 0.2) is 0 Å². The van der Waals surface area contributed by atoms with Crippen LogP contribution in [0.15, 0.2) is 23.1 Å². The topological polar surface area (TPSA) is 106 Å². The molecule has 0 saturated carbocycles. The highest BCUT2D eigenvalue weighted by Gasteiger charge is 2.27. The van der Waals surface area contributed by atoms with E-state index < -0.39 is 10.0 Å². The van der Waals surface area contributed by atoms with Crippen LogP contribution in [0.5, 0.6) is 0 Å². The summed E-state index contributed by atoms with van der Waals surface area (Å²) in [5, 5.41) is 6.15. The van der Waals surface area contributed by atoms with Gasteiger partial charge in [-0.2, -0.15) is 4.31 Å². The van der Waals surface area contributed by atoms with Gasteiger partial charge in [-0.25, -0.2) is 8.42 Å². The molecule has 2 saturated heterocycles. The Morgan fingerprint density at radius 2 is 2.03 bits per heavy atom. The summed E-state index contributed by atoms with van der Waals surface area (Å²) >= 11 is 0. The highest BCUT2D eigenvalue weighted by molar-refractivity contribution is 7.89. The first-order valence-corrected chi connectivity index (χ1v) is 11.8. The lowest BCUT2D eigenvalue weighted by Gasteiger charge is -2.26. The molecule has 1 amide bonds. The third-order valence-corrected chi connectivity index (χ3v) is 7.06. The molecule has 30 heavy (non-hydrogen) atoms. The van der Waals surface area contributed by atoms with Gasteiger partial charge in [-0.15, -0.1) is 0 Å². The molecule has 0 aliphatic carbocycles. The van der Waals surface area contributed by atoms with Gasteiger partial charge in [0.05, 0.1) is 35.6 Å². The van der Waals surface area contributed by atoms with Gasteiger partial charge in [0, 0.05) is 46.4 Å². The number of methoxy groups -OCH3 is 1. The molecule has 168 valence electrons. The fourth-order valence-electron chi connectivity index (χ4n) is 3.50. The van der Waals surface area contributed by atoms with E-state index in [1.54, 1.807) is 19.2 Å². The summed E-state index contributed by atoms with van der Waals surface area (Å²) in [5.74, 6) is -0.187. The number of rotatable bonds is 10. The lowest BCUT2D eigenvalue weighted by Crippen LogP contribution is -2.40. The summed E-state index contributed by atoms with van der Waals surface area (Å²) in [6, 6.07) is 4.80. The Hall–Kier alpha value is -1.72. The van der Waals surface area contributed by atoms with Crippen molar-refractivity contribution in [2.45, 2.75) is 36.7 Å². The van der Waals surface area contributed by atoms with Crippen molar-refractivity contribution in [3.8, 4) is 0 Å². The second-order valence-corrected chi connectivity index (χ2v) is 9.32. The standard InChI is InChI=1S/C20H31N3O6S/c1-27-10-3-5-20(24)22-19-14-17(30(25,26)23-8-12-28-13-9-23)6-7-18(19)21-15-16-4-2-11-29-16/h6-7,14,16,21H,2-5,8-13,15H2,1H3,(H,22,24). The number of amides is 1. The summed E-state index contributed by atoms with van der Waals surface area (Å²) in [5.41, 5.74) is 1.12. The quantitative estimate of drug-likeness (QED) is 0.532. The molecule has 1 atom stereocenters. The van der Waals surface area contributed by atoms with E-state index in [-0.39, 0.29) is 16.9 Å². The van der Waals surface area contributed by atoms with E-state index in [0.717, 1.165) is 19.4 Å². The average molecular weight is 442 g/mol. The lowest BCUT2D eigenvalue weighted by atomic mass is 10.2. The number of carbonyl (C=O) groups is 1. The monoisotopic (exact) mass is 441 g/mol. The van der Waals surface area contributed by atoms with Crippen LogP contribution in [0.25, 0.3) is 0 Å². The molecule has 0 bridgehead atoms. The van der Waals surface area contributed by atoms with E-state index in [1.165, 1.54) is 10.4 Å². The largest absolute Gasteiger partial charge is 0.385 e. The molecular formula is C20H31N3O6S. The van der Waals surface area contributed by atoms with Crippen LogP contribution in [0.3, 0.4) is 0 Å². The summed E-state index contributed by atoms with van der Waals surface area (Å²) in [6.45, 7) is 3.24. The number of hydrogen-bond donors (Lipinski definition) is 2. The highest BCUT2D eigenvalue weighted by atomic mass is 32.2. The first-order chi connectivity index (χ1) is 14.5. The molecule has 2 N–H and O–H groups in total. The first-order valence-electron chi connectivity index (χ1n) is 10.4. The number of sulfonamides is 1. The lowest BCUT2D eigenvalue weighted by molar-refractivity contribution is -0.116. The van der Waals surface area contributed by atoms with Gasteiger partial charge < -0.3 is 24.8 Å². The van der Waals surface area contributed by atoms with Crippen molar-refractivity contribution in [2.75, 3.05) is 63.8 Å². The summed E-state index contributed by atoms with van der Waals surface area (Å²) in [4.78, 5) is 12.5. The van der Waals surface area contributed by atoms with Gasteiger partial charge in [-0.1, -0.05) is 0 Å². The third kappa shape index (κ3) is 6.14. The first kappa shape index (κ1) is 23.0. The van der Waals surface area contributed by atoms with Crippen LogP contribution in [0.1, 0.15) is 25.7 Å². The Balaban J connectivity index is 1.78. The van der Waals surface area contributed by atoms with Crippen molar-refractivity contribution < 1.29 is 27.4 Å². The maximum absolute atomic E-state index is 13.0. The van der Waals surface area contributed by atoms with Crippen molar-refractivity contribution >= 4 is 27.3 Å². The predicted octanol–water partition coefficient (Wildman–Crippen LogP) is 1.66. The van der Waals surface area contributed by atoms with Crippen molar-refractivity contribution in [1.29, 1.82) is 0 Å². The Bertz CT molecular complexity index is 805. The van der Waals surface area contributed by atoms with Gasteiger partial charge in [0.2, 0.25) is 15.9 Å². The van der Waals surface area contributed by atoms with Crippen LogP contribution in [0, 0.1) is 0 Å². The Morgan fingerprint density at radius 3 is 2.73 bits per heavy atom. The van der Waals surface area contributed by atoms with Crippen LogP contribution in [0.4, 0.5) is 11.4 Å². The van der Waals surface area contributed by atoms with E-state index >= 15 is 0 Å². The zero-order chi connectivity index (χ0) is 21.4. The van der Waals surface area contributed by atoms with E-state index in [0.29, 0.717) is 63.7 Å². The molecule has 1 aromatic carbocycles. The highest BCUT2D eigenvalue weighted by Crippen LogP contribution is 2.28. The van der Waals surface area contributed by atoms with E-state index in [9.17, 15) is 13.2 Å². The van der Waals surface area contributed by atoms with Gasteiger partial charge >= 0.3 is 0 Å². The van der Waals surface area contributed by atoms with Crippen molar-refractivity contribution in [2.24, 2.45) is 0 Å². The Kier molecular flexibility index (Phi) is 8.46. The minimum atomic E-state index is -3.66. The zero-order valence-electron chi connectivity index (χ0n) is 17.4.